The Morgan fingerprint density at radius 2 is 2.12 bits per heavy atom. The second kappa shape index (κ2) is 12.7. The van der Waals surface area contributed by atoms with Gasteiger partial charge in [-0.15, -0.1) is 0 Å². The normalized spacial score (nSPS) is 16.5. The fourth-order valence-electron chi connectivity index (χ4n) is 3.97. The van der Waals surface area contributed by atoms with Crippen LogP contribution < -0.4 is 5.32 Å². The highest BCUT2D eigenvalue weighted by atomic mass is 79.9. The van der Waals surface area contributed by atoms with Crippen molar-refractivity contribution in [3.8, 4) is 11.4 Å². The molecule has 6 nitrogen and oxygen atoms in total. The number of nitrogens with zero attached hydrogens (tertiary/aromatic N) is 3. The van der Waals surface area contributed by atoms with Crippen LogP contribution in [0.15, 0.2) is 57.5 Å². The van der Waals surface area contributed by atoms with Gasteiger partial charge in [0, 0.05) is 33.9 Å². The monoisotopic (exact) mass is 562 g/mol. The molecule has 1 fully saturated rings. The summed E-state index contributed by atoms with van der Waals surface area (Å²) >= 11 is 11.3. The zero-order valence-electron chi connectivity index (χ0n) is 18.9. The number of nitrogens with one attached hydrogen (secondary N) is 1. The molecule has 1 unspecified atom stereocenters. The minimum absolute atomic E-state index is 0.00272. The number of rotatable bonds is 10. The van der Waals surface area contributed by atoms with E-state index in [0.29, 0.717) is 31.3 Å². The van der Waals surface area contributed by atoms with Crippen LogP contribution >= 0.6 is 39.3 Å². The van der Waals surface area contributed by atoms with Crippen molar-refractivity contribution >= 4 is 45.2 Å². The lowest BCUT2D eigenvalue weighted by molar-refractivity contribution is -0.126. The summed E-state index contributed by atoms with van der Waals surface area (Å²) in [6.45, 7) is 2.92. The number of hydrogen-bond donors (Lipinski definition) is 1. The molecular weight excluding hydrogens is 536 g/mol. The third-order valence-corrected chi connectivity index (χ3v) is 7.59. The van der Waals surface area contributed by atoms with Gasteiger partial charge in [-0.1, -0.05) is 57.0 Å². The van der Waals surface area contributed by atoms with E-state index in [1.165, 1.54) is 5.56 Å². The first-order chi connectivity index (χ1) is 16.6. The Balaban J connectivity index is 1.16. The lowest BCUT2D eigenvalue weighted by Gasteiger charge is -2.30. The summed E-state index contributed by atoms with van der Waals surface area (Å²) in [6.07, 6.45) is 2.86. The van der Waals surface area contributed by atoms with Crippen molar-refractivity contribution in [2.75, 3.05) is 25.4 Å². The molecule has 9 heteroatoms. The summed E-state index contributed by atoms with van der Waals surface area (Å²) in [5.74, 6) is 3.28. The van der Waals surface area contributed by atoms with Crippen molar-refractivity contribution < 1.29 is 9.32 Å². The minimum atomic E-state index is 0.00272. The molecule has 0 radical (unpaired) electrons. The maximum absolute atomic E-state index is 12.7. The summed E-state index contributed by atoms with van der Waals surface area (Å²) in [5.41, 5.74) is 2.18. The van der Waals surface area contributed by atoms with E-state index < -0.39 is 0 Å². The van der Waals surface area contributed by atoms with E-state index in [-0.39, 0.29) is 11.8 Å². The van der Waals surface area contributed by atoms with Gasteiger partial charge in [-0.05, 0) is 61.4 Å². The third kappa shape index (κ3) is 7.57. The summed E-state index contributed by atoms with van der Waals surface area (Å²) < 4.78 is 6.44. The number of amides is 1. The predicted molar refractivity (Wildman–Crippen MR) is 141 cm³/mol. The van der Waals surface area contributed by atoms with Gasteiger partial charge in [0.2, 0.25) is 17.6 Å². The smallest absolute Gasteiger partial charge is 0.241 e. The van der Waals surface area contributed by atoms with Crippen molar-refractivity contribution in [2.24, 2.45) is 5.92 Å². The van der Waals surface area contributed by atoms with Crippen molar-refractivity contribution in [3.63, 3.8) is 0 Å². The molecule has 1 aliphatic heterocycles. The van der Waals surface area contributed by atoms with Crippen LogP contribution in [-0.4, -0.2) is 46.3 Å². The van der Waals surface area contributed by atoms with Gasteiger partial charge in [-0.25, -0.2) is 0 Å². The van der Waals surface area contributed by atoms with Crippen molar-refractivity contribution in [1.29, 1.82) is 0 Å². The molecule has 4 rings (SSSR count). The standard InChI is InChI=1S/C25H28BrClN4O2S/c26-21-6-1-4-19(14-21)24-29-23(33-30-24)16-31-12-2-5-20(15-31)25(32)28-11-3-13-34-17-18-7-9-22(27)10-8-18/h1,4,6-10,14,20H,2-3,5,11-13,15-17H2,(H,28,32). The van der Waals surface area contributed by atoms with Gasteiger partial charge < -0.3 is 9.84 Å². The molecule has 0 bridgehead atoms. The Morgan fingerprint density at radius 3 is 2.94 bits per heavy atom. The fraction of sp³-hybridized carbons (Fsp3) is 0.400. The lowest BCUT2D eigenvalue weighted by Crippen LogP contribution is -2.43. The molecule has 1 N–H and O–H groups in total. The van der Waals surface area contributed by atoms with Gasteiger partial charge in [-0.2, -0.15) is 16.7 Å². The third-order valence-electron chi connectivity index (χ3n) is 5.73. The predicted octanol–water partition coefficient (Wildman–Crippen LogP) is 5.80. The molecule has 0 spiro atoms. The summed E-state index contributed by atoms with van der Waals surface area (Å²) in [4.78, 5) is 19.5. The Bertz CT molecular complexity index is 1080. The summed E-state index contributed by atoms with van der Waals surface area (Å²) in [6, 6.07) is 15.8. The van der Waals surface area contributed by atoms with Crippen molar-refractivity contribution in [1.82, 2.24) is 20.4 Å². The Hall–Kier alpha value is -1.87. The molecule has 1 aliphatic rings. The molecule has 180 valence electrons. The van der Waals surface area contributed by atoms with Crippen LogP contribution in [0.2, 0.25) is 5.02 Å². The zero-order valence-corrected chi connectivity index (χ0v) is 22.0. The second-order valence-electron chi connectivity index (χ2n) is 8.42. The molecule has 2 aromatic carbocycles. The van der Waals surface area contributed by atoms with Gasteiger partial charge >= 0.3 is 0 Å². The Morgan fingerprint density at radius 1 is 1.26 bits per heavy atom. The first-order valence-corrected chi connectivity index (χ1v) is 13.8. The molecule has 1 aromatic heterocycles. The molecule has 34 heavy (non-hydrogen) atoms. The largest absolute Gasteiger partial charge is 0.356 e. The van der Waals surface area contributed by atoms with Gasteiger partial charge in [-0.3, -0.25) is 9.69 Å². The number of carbonyl (C=O) groups is 1. The summed E-state index contributed by atoms with van der Waals surface area (Å²) in [7, 11) is 0. The van der Waals surface area contributed by atoms with E-state index >= 15 is 0 Å². The number of thioether (sulfide) groups is 1. The topological polar surface area (TPSA) is 71.3 Å². The highest BCUT2D eigenvalue weighted by Crippen LogP contribution is 2.22. The van der Waals surface area contributed by atoms with Gasteiger partial charge in [0.05, 0.1) is 12.5 Å². The van der Waals surface area contributed by atoms with Crippen LogP contribution in [0.1, 0.15) is 30.7 Å². The molecular formula is C25H28BrClN4O2S. The van der Waals surface area contributed by atoms with Crippen molar-refractivity contribution in [2.45, 2.75) is 31.6 Å². The zero-order chi connectivity index (χ0) is 23.8. The van der Waals surface area contributed by atoms with Gasteiger partial charge in [0.15, 0.2) is 0 Å². The molecule has 0 saturated carbocycles. The van der Waals surface area contributed by atoms with Crippen LogP contribution in [0.3, 0.4) is 0 Å². The lowest BCUT2D eigenvalue weighted by atomic mass is 9.97. The molecule has 3 aromatic rings. The molecule has 1 saturated heterocycles. The quantitative estimate of drug-likeness (QED) is 0.314. The first kappa shape index (κ1) is 25.2. The summed E-state index contributed by atoms with van der Waals surface area (Å²) in [5, 5.41) is 8.00. The number of likely N-dealkylation sites (tertiary alicyclic amines) is 1. The molecule has 2 heterocycles. The highest BCUT2D eigenvalue weighted by molar-refractivity contribution is 9.10. The van der Waals surface area contributed by atoms with Crippen LogP contribution in [-0.2, 0) is 17.1 Å². The Kier molecular flexibility index (Phi) is 9.44. The van der Waals surface area contributed by atoms with Gasteiger partial charge in [0.25, 0.3) is 0 Å². The van der Waals surface area contributed by atoms with Crippen LogP contribution in [0.5, 0.6) is 0 Å². The molecule has 1 amide bonds. The van der Waals surface area contributed by atoms with Crippen LogP contribution in [0.25, 0.3) is 11.4 Å². The van der Waals surface area contributed by atoms with E-state index in [2.05, 4.69) is 48.4 Å². The van der Waals surface area contributed by atoms with Gasteiger partial charge in [0.1, 0.15) is 0 Å². The fourth-order valence-corrected chi connectivity index (χ4v) is 5.42. The Labute approximate surface area is 218 Å². The van der Waals surface area contributed by atoms with E-state index in [1.807, 2.05) is 48.2 Å². The number of benzene rings is 2. The van der Waals surface area contributed by atoms with Crippen LogP contribution in [0, 0.1) is 5.92 Å². The van der Waals surface area contributed by atoms with E-state index in [1.54, 1.807) is 0 Å². The SMILES string of the molecule is O=C(NCCCSCc1ccc(Cl)cc1)C1CCCN(Cc2nc(-c3cccc(Br)c3)no2)C1. The maximum atomic E-state index is 12.7. The number of carbonyl (C=O) groups excluding carboxylic acids is 1. The number of piperidine rings is 1. The van der Waals surface area contributed by atoms with Crippen LogP contribution in [0.4, 0.5) is 0 Å². The highest BCUT2D eigenvalue weighted by Gasteiger charge is 2.26. The van der Waals surface area contributed by atoms with E-state index in [9.17, 15) is 4.79 Å². The van der Waals surface area contributed by atoms with Crippen molar-refractivity contribution in [3.05, 3.63) is 69.5 Å². The number of halogens is 2. The number of hydrogen-bond acceptors (Lipinski definition) is 6. The maximum Gasteiger partial charge on any atom is 0.241 e. The van der Waals surface area contributed by atoms with E-state index in [4.69, 9.17) is 16.1 Å². The molecule has 1 atom stereocenters. The molecule has 0 aliphatic carbocycles. The first-order valence-electron chi connectivity index (χ1n) is 11.5. The van der Waals surface area contributed by atoms with E-state index in [0.717, 1.165) is 52.4 Å². The second-order valence-corrected chi connectivity index (χ2v) is 10.9. The minimum Gasteiger partial charge on any atom is -0.356 e. The number of aromatic nitrogens is 2. The average molecular weight is 564 g/mol. The average Bonchev–Trinajstić information content (AvgIpc) is 3.31.